The number of hydrogen-bond donors (Lipinski definition) is 2. The summed E-state index contributed by atoms with van der Waals surface area (Å²) in [5.74, 6) is 0.276. The number of nitrogens with zero attached hydrogens (tertiary/aromatic N) is 2. The van der Waals surface area contributed by atoms with E-state index >= 15 is 0 Å². The van der Waals surface area contributed by atoms with Gasteiger partial charge >= 0.3 is 0 Å². The van der Waals surface area contributed by atoms with Crippen molar-refractivity contribution in [3.8, 4) is 0 Å². The summed E-state index contributed by atoms with van der Waals surface area (Å²) in [5, 5.41) is 10.6. The highest BCUT2D eigenvalue weighted by Gasteiger charge is 2.17. The van der Waals surface area contributed by atoms with Crippen LogP contribution >= 0.6 is 0 Å². The van der Waals surface area contributed by atoms with E-state index in [-0.39, 0.29) is 12.5 Å². The van der Waals surface area contributed by atoms with Crippen molar-refractivity contribution in [3.05, 3.63) is 36.0 Å². The molecule has 0 unspecified atom stereocenters. The SMILES string of the molecule is CCN(CCO)C(=O)c1cnc(N)c2ccccc12. The van der Waals surface area contributed by atoms with Gasteiger partial charge in [-0.3, -0.25) is 4.79 Å². The van der Waals surface area contributed by atoms with Gasteiger partial charge in [0.05, 0.1) is 12.2 Å². The third-order valence-electron chi connectivity index (χ3n) is 3.10. The van der Waals surface area contributed by atoms with E-state index < -0.39 is 0 Å². The number of likely N-dealkylation sites (N-methyl/N-ethyl adjacent to an activating group) is 1. The van der Waals surface area contributed by atoms with Gasteiger partial charge in [0.2, 0.25) is 0 Å². The van der Waals surface area contributed by atoms with Gasteiger partial charge in [0.1, 0.15) is 5.82 Å². The van der Waals surface area contributed by atoms with Gasteiger partial charge in [-0.05, 0) is 12.3 Å². The van der Waals surface area contributed by atoms with Crippen molar-refractivity contribution in [2.45, 2.75) is 6.92 Å². The first-order valence-electron chi connectivity index (χ1n) is 6.22. The van der Waals surface area contributed by atoms with Crippen LogP contribution in [0.5, 0.6) is 0 Å². The van der Waals surface area contributed by atoms with E-state index in [2.05, 4.69) is 4.98 Å². The van der Waals surface area contributed by atoms with Crippen molar-refractivity contribution in [1.29, 1.82) is 0 Å². The lowest BCUT2D eigenvalue weighted by Gasteiger charge is -2.20. The van der Waals surface area contributed by atoms with E-state index in [0.29, 0.717) is 24.5 Å². The summed E-state index contributed by atoms with van der Waals surface area (Å²) < 4.78 is 0. The van der Waals surface area contributed by atoms with Gasteiger partial charge in [0.25, 0.3) is 5.91 Å². The highest BCUT2D eigenvalue weighted by Crippen LogP contribution is 2.23. The maximum Gasteiger partial charge on any atom is 0.256 e. The number of aromatic nitrogens is 1. The summed E-state index contributed by atoms with van der Waals surface area (Å²) >= 11 is 0. The maximum absolute atomic E-state index is 12.4. The minimum atomic E-state index is -0.139. The maximum atomic E-state index is 12.4. The number of hydrogen-bond acceptors (Lipinski definition) is 4. The zero-order valence-corrected chi connectivity index (χ0v) is 10.8. The Morgan fingerprint density at radius 1 is 1.37 bits per heavy atom. The largest absolute Gasteiger partial charge is 0.395 e. The Labute approximate surface area is 111 Å². The van der Waals surface area contributed by atoms with E-state index in [0.717, 1.165) is 10.8 Å². The van der Waals surface area contributed by atoms with Gasteiger partial charge in [-0.15, -0.1) is 0 Å². The van der Waals surface area contributed by atoms with Crippen molar-refractivity contribution >= 4 is 22.5 Å². The lowest BCUT2D eigenvalue weighted by Crippen LogP contribution is -2.33. The monoisotopic (exact) mass is 259 g/mol. The smallest absolute Gasteiger partial charge is 0.256 e. The summed E-state index contributed by atoms with van der Waals surface area (Å²) in [4.78, 5) is 18.1. The first kappa shape index (κ1) is 13.3. The molecule has 0 bridgehead atoms. The number of nitrogens with two attached hydrogens (primary N) is 1. The van der Waals surface area contributed by atoms with E-state index in [1.165, 1.54) is 6.20 Å². The van der Waals surface area contributed by atoms with E-state index in [1.807, 2.05) is 31.2 Å². The van der Waals surface area contributed by atoms with E-state index in [4.69, 9.17) is 10.8 Å². The third kappa shape index (κ3) is 2.51. The molecule has 100 valence electrons. The van der Waals surface area contributed by atoms with Gasteiger partial charge in [0.15, 0.2) is 0 Å². The topological polar surface area (TPSA) is 79.5 Å². The summed E-state index contributed by atoms with van der Waals surface area (Å²) in [7, 11) is 0. The lowest BCUT2D eigenvalue weighted by atomic mass is 10.1. The molecule has 5 nitrogen and oxygen atoms in total. The lowest BCUT2D eigenvalue weighted by molar-refractivity contribution is 0.0733. The highest BCUT2D eigenvalue weighted by atomic mass is 16.3. The summed E-state index contributed by atoms with van der Waals surface area (Å²) in [5.41, 5.74) is 6.33. The first-order chi connectivity index (χ1) is 9.19. The Kier molecular flexibility index (Phi) is 3.97. The fraction of sp³-hybridized carbons (Fsp3) is 0.286. The third-order valence-corrected chi connectivity index (χ3v) is 3.10. The Balaban J connectivity index is 2.51. The number of benzene rings is 1. The second kappa shape index (κ2) is 5.67. The molecular weight excluding hydrogens is 242 g/mol. The Hall–Kier alpha value is -2.14. The predicted molar refractivity (Wildman–Crippen MR) is 74.8 cm³/mol. The molecule has 19 heavy (non-hydrogen) atoms. The molecule has 0 radical (unpaired) electrons. The summed E-state index contributed by atoms with van der Waals surface area (Å²) in [6.07, 6.45) is 1.50. The molecular formula is C14H17N3O2. The zero-order chi connectivity index (χ0) is 13.8. The molecule has 1 aromatic carbocycles. The number of fused-ring (bicyclic) bond motifs is 1. The first-order valence-corrected chi connectivity index (χ1v) is 6.22. The normalized spacial score (nSPS) is 10.6. The van der Waals surface area contributed by atoms with Crippen LogP contribution < -0.4 is 5.73 Å². The van der Waals surface area contributed by atoms with E-state index in [9.17, 15) is 4.79 Å². The second-order valence-electron chi connectivity index (χ2n) is 4.21. The quantitative estimate of drug-likeness (QED) is 0.866. The van der Waals surface area contributed by atoms with Crippen LogP contribution in [0.2, 0.25) is 0 Å². The van der Waals surface area contributed by atoms with Crippen LogP contribution in [0, 0.1) is 0 Å². The number of nitrogen functional groups attached to an aromatic ring is 1. The number of anilines is 1. The van der Waals surface area contributed by atoms with Gasteiger partial charge in [-0.1, -0.05) is 24.3 Å². The molecule has 0 fully saturated rings. The number of aliphatic hydroxyl groups is 1. The number of amides is 1. The summed E-state index contributed by atoms with van der Waals surface area (Å²) in [6.45, 7) is 2.67. The minimum Gasteiger partial charge on any atom is -0.395 e. The number of rotatable bonds is 4. The molecule has 2 rings (SSSR count). The number of pyridine rings is 1. The van der Waals surface area contributed by atoms with Crippen molar-refractivity contribution in [3.63, 3.8) is 0 Å². The average Bonchev–Trinajstić information content (AvgIpc) is 2.45. The standard InChI is InChI=1S/C14H17N3O2/c1-2-17(7-8-18)14(19)12-9-16-13(15)11-6-4-3-5-10(11)12/h3-6,9,18H,2,7-8H2,1H3,(H2,15,16). The van der Waals surface area contributed by atoms with Crippen LogP contribution in [-0.2, 0) is 0 Å². The molecule has 0 saturated carbocycles. The molecule has 2 aromatic rings. The molecule has 1 heterocycles. The fourth-order valence-corrected chi connectivity index (χ4v) is 2.08. The second-order valence-corrected chi connectivity index (χ2v) is 4.21. The van der Waals surface area contributed by atoms with Crippen LogP contribution in [-0.4, -0.2) is 40.6 Å². The Bertz CT molecular complexity index is 598. The van der Waals surface area contributed by atoms with Gasteiger partial charge < -0.3 is 15.7 Å². The van der Waals surface area contributed by atoms with Crippen molar-refractivity contribution in [2.75, 3.05) is 25.4 Å². The van der Waals surface area contributed by atoms with Gasteiger partial charge in [0, 0.05) is 24.7 Å². The van der Waals surface area contributed by atoms with Gasteiger partial charge in [-0.2, -0.15) is 0 Å². The molecule has 0 saturated heterocycles. The van der Waals surface area contributed by atoms with Gasteiger partial charge in [-0.25, -0.2) is 4.98 Å². The predicted octanol–water partition coefficient (Wildman–Crippen LogP) is 1.27. The van der Waals surface area contributed by atoms with E-state index in [1.54, 1.807) is 4.90 Å². The molecule has 0 aliphatic carbocycles. The van der Waals surface area contributed by atoms with Crippen LogP contribution in [0.3, 0.4) is 0 Å². The van der Waals surface area contributed by atoms with Crippen LogP contribution in [0.1, 0.15) is 17.3 Å². The number of carbonyl (C=O) groups excluding carboxylic acids is 1. The average molecular weight is 259 g/mol. The van der Waals surface area contributed by atoms with Crippen molar-refractivity contribution < 1.29 is 9.90 Å². The molecule has 0 aliphatic rings. The summed E-state index contributed by atoms with van der Waals surface area (Å²) in [6, 6.07) is 7.42. The molecule has 1 aromatic heterocycles. The molecule has 0 aliphatic heterocycles. The molecule has 1 amide bonds. The minimum absolute atomic E-state index is 0.0556. The van der Waals surface area contributed by atoms with Crippen LogP contribution in [0.15, 0.2) is 30.5 Å². The van der Waals surface area contributed by atoms with Crippen molar-refractivity contribution in [2.24, 2.45) is 0 Å². The highest BCUT2D eigenvalue weighted by molar-refractivity contribution is 6.08. The fourth-order valence-electron chi connectivity index (χ4n) is 2.08. The molecule has 3 N–H and O–H groups in total. The Morgan fingerprint density at radius 2 is 2.05 bits per heavy atom. The zero-order valence-electron chi connectivity index (χ0n) is 10.8. The van der Waals surface area contributed by atoms with Crippen LogP contribution in [0.25, 0.3) is 10.8 Å². The molecule has 0 spiro atoms. The number of aliphatic hydroxyl groups excluding tert-OH is 1. The van der Waals surface area contributed by atoms with Crippen LogP contribution in [0.4, 0.5) is 5.82 Å². The Morgan fingerprint density at radius 3 is 2.68 bits per heavy atom. The van der Waals surface area contributed by atoms with Crippen molar-refractivity contribution in [1.82, 2.24) is 9.88 Å². The molecule has 5 heteroatoms. The molecule has 0 atom stereocenters. The number of carbonyl (C=O) groups is 1.